The molecular weight excluding hydrogens is 278 g/mol. The zero-order valence-corrected chi connectivity index (χ0v) is 13.5. The number of hydrogen-bond donors (Lipinski definition) is 2. The van der Waals surface area contributed by atoms with E-state index < -0.39 is 11.4 Å². The highest BCUT2D eigenvalue weighted by atomic mass is 16.2. The first-order chi connectivity index (χ1) is 10.3. The van der Waals surface area contributed by atoms with Crippen molar-refractivity contribution in [1.82, 2.24) is 10.2 Å². The molecule has 22 heavy (non-hydrogen) atoms. The summed E-state index contributed by atoms with van der Waals surface area (Å²) < 4.78 is 0. The van der Waals surface area contributed by atoms with Crippen molar-refractivity contribution < 1.29 is 9.59 Å². The fraction of sp³-hybridized carbons (Fsp3) is 0.529. The second-order valence-corrected chi connectivity index (χ2v) is 6.65. The molecule has 0 aliphatic carbocycles. The number of nitrogens with one attached hydrogen (secondary N) is 1. The van der Waals surface area contributed by atoms with Crippen LogP contribution in [0.4, 0.5) is 4.79 Å². The largest absolute Gasteiger partial charge is 0.352 e. The monoisotopic (exact) mass is 303 g/mol. The predicted molar refractivity (Wildman–Crippen MR) is 86.2 cm³/mol. The van der Waals surface area contributed by atoms with Crippen LogP contribution < -0.4 is 11.1 Å². The average Bonchev–Trinajstić information content (AvgIpc) is 2.42. The van der Waals surface area contributed by atoms with Crippen LogP contribution in [0.3, 0.4) is 0 Å². The third kappa shape index (κ3) is 3.40. The van der Waals surface area contributed by atoms with E-state index in [2.05, 4.69) is 31.3 Å². The Morgan fingerprint density at radius 2 is 1.91 bits per heavy atom. The van der Waals surface area contributed by atoms with E-state index in [1.165, 1.54) is 5.56 Å². The lowest BCUT2D eigenvalue weighted by atomic mass is 9.72. The molecular formula is C17H25N3O2. The highest BCUT2D eigenvalue weighted by molar-refractivity contribution is 5.84. The number of hydrogen-bond acceptors (Lipinski definition) is 2. The molecule has 0 aromatic heterocycles. The minimum absolute atomic E-state index is 0.0189. The summed E-state index contributed by atoms with van der Waals surface area (Å²) in [6, 6.07) is 9.53. The summed E-state index contributed by atoms with van der Waals surface area (Å²) in [4.78, 5) is 25.5. The number of amides is 3. The van der Waals surface area contributed by atoms with Crippen molar-refractivity contribution in [3.63, 3.8) is 0 Å². The third-order valence-electron chi connectivity index (χ3n) is 4.69. The number of nitrogens with zero attached hydrogens (tertiary/aromatic N) is 1. The highest BCUT2D eigenvalue weighted by Crippen LogP contribution is 2.35. The van der Waals surface area contributed by atoms with Crippen LogP contribution in [0, 0.1) is 11.3 Å². The molecule has 5 heteroatoms. The van der Waals surface area contributed by atoms with Crippen LogP contribution in [0.15, 0.2) is 30.3 Å². The van der Waals surface area contributed by atoms with Crippen molar-refractivity contribution in [2.24, 2.45) is 17.1 Å². The van der Waals surface area contributed by atoms with Gasteiger partial charge in [-0.05, 0) is 17.9 Å². The molecule has 3 N–H and O–H groups in total. The van der Waals surface area contributed by atoms with E-state index in [4.69, 9.17) is 5.73 Å². The van der Waals surface area contributed by atoms with Gasteiger partial charge in [0.25, 0.3) is 0 Å². The Labute approximate surface area is 131 Å². The Balaban J connectivity index is 2.05. The van der Waals surface area contributed by atoms with E-state index in [9.17, 15) is 9.59 Å². The maximum atomic E-state index is 12.9. The van der Waals surface area contributed by atoms with Crippen LogP contribution >= 0.6 is 0 Å². The van der Waals surface area contributed by atoms with Gasteiger partial charge < -0.3 is 16.0 Å². The lowest BCUT2D eigenvalue weighted by molar-refractivity contribution is -0.148. The van der Waals surface area contributed by atoms with E-state index in [0.717, 1.165) is 6.42 Å². The molecule has 1 fully saturated rings. The number of primary amides is 1. The standard InChI is InChI=1S/C17H25N3O2/c1-12(2)17(3,9-13-7-5-4-6-8-13)15(21)20-10-14(11-20)19-16(18)22/h4-8,12,14H,9-11H2,1-3H3,(H3,18,19,22). The molecule has 1 aromatic rings. The van der Waals surface area contributed by atoms with Gasteiger partial charge >= 0.3 is 6.03 Å². The fourth-order valence-corrected chi connectivity index (χ4v) is 2.84. The van der Waals surface area contributed by atoms with E-state index in [-0.39, 0.29) is 17.9 Å². The summed E-state index contributed by atoms with van der Waals surface area (Å²) in [5.74, 6) is 0.372. The Morgan fingerprint density at radius 1 is 1.32 bits per heavy atom. The zero-order chi connectivity index (χ0) is 16.3. The van der Waals surface area contributed by atoms with Crippen LogP contribution in [0.5, 0.6) is 0 Å². The molecule has 120 valence electrons. The number of carbonyl (C=O) groups excluding carboxylic acids is 2. The maximum absolute atomic E-state index is 12.9. The van der Waals surface area contributed by atoms with E-state index in [0.29, 0.717) is 13.1 Å². The first-order valence-corrected chi connectivity index (χ1v) is 7.72. The molecule has 1 saturated heterocycles. The van der Waals surface area contributed by atoms with Crippen LogP contribution in [-0.4, -0.2) is 36.0 Å². The molecule has 5 nitrogen and oxygen atoms in total. The number of likely N-dealkylation sites (tertiary alicyclic amines) is 1. The Bertz CT molecular complexity index is 538. The third-order valence-corrected chi connectivity index (χ3v) is 4.69. The minimum Gasteiger partial charge on any atom is -0.352 e. The van der Waals surface area contributed by atoms with Gasteiger partial charge in [-0.1, -0.05) is 51.1 Å². The summed E-state index contributed by atoms with van der Waals surface area (Å²) in [6.07, 6.45) is 0.717. The molecule has 1 unspecified atom stereocenters. The smallest absolute Gasteiger partial charge is 0.312 e. The molecule has 2 rings (SSSR count). The summed E-state index contributed by atoms with van der Waals surface area (Å²) in [5, 5.41) is 2.64. The normalized spacial score (nSPS) is 17.7. The summed E-state index contributed by atoms with van der Waals surface area (Å²) >= 11 is 0. The van der Waals surface area contributed by atoms with Crippen molar-refractivity contribution in [3.8, 4) is 0 Å². The van der Waals surface area contributed by atoms with E-state index in [1.54, 1.807) is 0 Å². The molecule has 0 bridgehead atoms. The van der Waals surface area contributed by atoms with E-state index in [1.807, 2.05) is 30.0 Å². The number of rotatable bonds is 5. The zero-order valence-electron chi connectivity index (χ0n) is 13.5. The summed E-state index contributed by atoms with van der Waals surface area (Å²) in [5.41, 5.74) is 5.83. The van der Waals surface area contributed by atoms with Crippen LogP contribution in [0.2, 0.25) is 0 Å². The van der Waals surface area contributed by atoms with Gasteiger partial charge in [-0.3, -0.25) is 4.79 Å². The molecule has 0 spiro atoms. The Hall–Kier alpha value is -2.04. The van der Waals surface area contributed by atoms with Crippen molar-refractivity contribution in [3.05, 3.63) is 35.9 Å². The van der Waals surface area contributed by atoms with Gasteiger partial charge in [-0.2, -0.15) is 0 Å². The van der Waals surface area contributed by atoms with Crippen LogP contribution in [-0.2, 0) is 11.2 Å². The molecule has 1 atom stereocenters. The van der Waals surface area contributed by atoms with Crippen LogP contribution in [0.1, 0.15) is 26.3 Å². The van der Waals surface area contributed by atoms with Gasteiger partial charge in [0.2, 0.25) is 5.91 Å². The quantitative estimate of drug-likeness (QED) is 0.870. The molecule has 0 saturated carbocycles. The van der Waals surface area contributed by atoms with Gasteiger partial charge in [0.05, 0.1) is 11.5 Å². The molecule has 3 amide bonds. The number of nitrogens with two attached hydrogens (primary N) is 1. The Morgan fingerprint density at radius 3 is 2.41 bits per heavy atom. The molecule has 0 radical (unpaired) electrons. The first-order valence-electron chi connectivity index (χ1n) is 7.72. The van der Waals surface area contributed by atoms with Crippen LogP contribution in [0.25, 0.3) is 0 Å². The number of carbonyl (C=O) groups is 2. The van der Waals surface area contributed by atoms with Gasteiger partial charge in [0.1, 0.15) is 0 Å². The molecule has 1 aromatic carbocycles. The van der Waals surface area contributed by atoms with Crippen molar-refractivity contribution in [2.75, 3.05) is 13.1 Å². The van der Waals surface area contributed by atoms with Gasteiger partial charge in [0.15, 0.2) is 0 Å². The SMILES string of the molecule is CC(C)C(C)(Cc1ccccc1)C(=O)N1CC(NC(N)=O)C1. The van der Waals surface area contributed by atoms with Gasteiger partial charge in [-0.25, -0.2) is 4.79 Å². The molecule has 1 heterocycles. The van der Waals surface area contributed by atoms with Gasteiger partial charge in [-0.15, -0.1) is 0 Å². The average molecular weight is 303 g/mol. The van der Waals surface area contributed by atoms with Crippen molar-refractivity contribution in [2.45, 2.75) is 33.2 Å². The molecule has 1 aliphatic rings. The van der Waals surface area contributed by atoms with E-state index >= 15 is 0 Å². The lowest BCUT2D eigenvalue weighted by Gasteiger charge is -2.45. The number of benzene rings is 1. The predicted octanol–water partition coefficient (Wildman–Crippen LogP) is 1.77. The lowest BCUT2D eigenvalue weighted by Crippen LogP contribution is -2.64. The molecule has 1 aliphatic heterocycles. The second kappa shape index (κ2) is 6.38. The Kier molecular flexibility index (Phi) is 4.74. The summed E-state index contributed by atoms with van der Waals surface area (Å²) in [7, 11) is 0. The van der Waals surface area contributed by atoms with Crippen molar-refractivity contribution >= 4 is 11.9 Å². The maximum Gasteiger partial charge on any atom is 0.312 e. The summed E-state index contributed by atoms with van der Waals surface area (Å²) in [6.45, 7) is 7.28. The topological polar surface area (TPSA) is 75.4 Å². The highest BCUT2D eigenvalue weighted by Gasteiger charge is 2.43. The van der Waals surface area contributed by atoms with Gasteiger partial charge in [0, 0.05) is 13.1 Å². The minimum atomic E-state index is -0.534. The number of urea groups is 1. The first kappa shape index (κ1) is 16.3. The fourth-order valence-electron chi connectivity index (χ4n) is 2.84. The second-order valence-electron chi connectivity index (χ2n) is 6.65. The van der Waals surface area contributed by atoms with Crippen molar-refractivity contribution in [1.29, 1.82) is 0 Å².